The van der Waals surface area contributed by atoms with Crippen molar-refractivity contribution in [2.24, 2.45) is 0 Å². The lowest BCUT2D eigenvalue weighted by molar-refractivity contribution is -0.167. The molecule has 75 heavy (non-hydrogen) atoms. The number of esters is 3. The molecule has 1 atom stereocenters. The highest BCUT2D eigenvalue weighted by molar-refractivity contribution is 5.71. The Balaban J connectivity index is 4.28. The molecular formula is C69H118O6. The number of unbranched alkanes of at least 4 members (excludes halogenated alkanes) is 30. The third kappa shape index (κ3) is 61.1. The molecule has 0 aromatic rings. The maximum Gasteiger partial charge on any atom is 0.306 e. The third-order valence-electron chi connectivity index (χ3n) is 13.5. The standard InChI is InChI=1S/C69H118O6/c1-4-7-10-13-16-19-22-25-27-29-30-31-32-33-34-35-36-37-38-40-41-44-47-50-53-56-59-62-68(71)74-65-66(64-73-67(70)61-58-55-52-49-46-43-24-21-18-15-12-9-6-3)75-69(72)63-60-57-54-51-48-45-42-39-28-26-23-20-17-14-11-8-5-2/h7,10,12,15-17,19-21,24-28,30-31,66H,4-6,8-9,11,13-14,18,22-23,29,32-65H2,1-3H3/b10-7-,15-12-,19-16-,20-17-,24-21-,27-25-,28-26-,31-30-. The van der Waals surface area contributed by atoms with Crippen molar-refractivity contribution >= 4 is 17.9 Å². The first kappa shape index (κ1) is 71.3. The molecule has 0 aromatic carbocycles. The van der Waals surface area contributed by atoms with Gasteiger partial charge in [0.05, 0.1) is 0 Å². The Kier molecular flexibility index (Phi) is 59.8. The average Bonchev–Trinajstić information content (AvgIpc) is 3.41. The predicted octanol–water partition coefficient (Wildman–Crippen LogP) is 21.7. The van der Waals surface area contributed by atoms with Gasteiger partial charge in [0, 0.05) is 19.3 Å². The molecule has 0 spiro atoms. The summed E-state index contributed by atoms with van der Waals surface area (Å²) in [5.74, 6) is -0.899. The largest absolute Gasteiger partial charge is 0.462 e. The molecule has 0 N–H and O–H groups in total. The minimum absolute atomic E-state index is 0.0844. The first-order chi connectivity index (χ1) is 37.0. The van der Waals surface area contributed by atoms with E-state index >= 15 is 0 Å². The summed E-state index contributed by atoms with van der Waals surface area (Å²) in [4.78, 5) is 38.3. The second kappa shape index (κ2) is 62.9. The van der Waals surface area contributed by atoms with Crippen LogP contribution in [-0.2, 0) is 28.6 Å². The van der Waals surface area contributed by atoms with Crippen LogP contribution in [0.2, 0.25) is 0 Å². The molecular weight excluding hydrogens is 925 g/mol. The Labute approximate surface area is 464 Å². The van der Waals surface area contributed by atoms with Crippen LogP contribution in [0.15, 0.2) is 97.2 Å². The van der Waals surface area contributed by atoms with Gasteiger partial charge < -0.3 is 14.2 Å². The molecule has 0 rings (SSSR count). The number of carbonyl (C=O) groups is 3. The van der Waals surface area contributed by atoms with E-state index in [1.165, 1.54) is 135 Å². The smallest absolute Gasteiger partial charge is 0.306 e. The van der Waals surface area contributed by atoms with Crippen LogP contribution in [0.25, 0.3) is 0 Å². The Morgan fingerprint density at radius 3 is 0.867 bits per heavy atom. The van der Waals surface area contributed by atoms with Crippen molar-refractivity contribution in [3.8, 4) is 0 Å². The van der Waals surface area contributed by atoms with Gasteiger partial charge in [-0.05, 0) is 116 Å². The van der Waals surface area contributed by atoms with Crippen LogP contribution in [-0.4, -0.2) is 37.2 Å². The highest BCUT2D eigenvalue weighted by atomic mass is 16.6. The Morgan fingerprint density at radius 2 is 0.547 bits per heavy atom. The van der Waals surface area contributed by atoms with E-state index in [1.54, 1.807) is 0 Å². The van der Waals surface area contributed by atoms with Crippen LogP contribution in [0.5, 0.6) is 0 Å². The molecule has 0 fully saturated rings. The van der Waals surface area contributed by atoms with E-state index in [-0.39, 0.29) is 31.1 Å². The van der Waals surface area contributed by atoms with E-state index < -0.39 is 6.10 Å². The summed E-state index contributed by atoms with van der Waals surface area (Å²) in [7, 11) is 0. The van der Waals surface area contributed by atoms with Gasteiger partial charge in [-0.3, -0.25) is 14.4 Å². The number of hydrogen-bond donors (Lipinski definition) is 0. The lowest BCUT2D eigenvalue weighted by Gasteiger charge is -2.18. The molecule has 1 unspecified atom stereocenters. The fourth-order valence-electron chi connectivity index (χ4n) is 8.80. The number of carbonyl (C=O) groups excluding carboxylic acids is 3. The molecule has 0 saturated carbocycles. The quantitative estimate of drug-likeness (QED) is 0.0261. The second-order valence-corrected chi connectivity index (χ2v) is 20.9. The zero-order valence-electron chi connectivity index (χ0n) is 49.3. The molecule has 6 nitrogen and oxygen atoms in total. The van der Waals surface area contributed by atoms with Crippen molar-refractivity contribution in [3.63, 3.8) is 0 Å². The van der Waals surface area contributed by atoms with Crippen molar-refractivity contribution in [1.29, 1.82) is 0 Å². The van der Waals surface area contributed by atoms with Crippen LogP contribution in [0.1, 0.15) is 303 Å². The molecule has 0 amide bonds. The van der Waals surface area contributed by atoms with Crippen molar-refractivity contribution in [3.05, 3.63) is 97.2 Å². The third-order valence-corrected chi connectivity index (χ3v) is 13.5. The van der Waals surface area contributed by atoms with E-state index in [9.17, 15) is 14.4 Å². The van der Waals surface area contributed by atoms with Gasteiger partial charge in [-0.25, -0.2) is 0 Å². The fraction of sp³-hybridized carbons (Fsp3) is 0.725. The first-order valence-electron chi connectivity index (χ1n) is 31.7. The van der Waals surface area contributed by atoms with Crippen LogP contribution in [0, 0.1) is 0 Å². The Hall–Kier alpha value is -3.67. The van der Waals surface area contributed by atoms with Crippen molar-refractivity contribution in [2.45, 2.75) is 309 Å². The van der Waals surface area contributed by atoms with Gasteiger partial charge in [0.2, 0.25) is 0 Å². The Bertz CT molecular complexity index is 1480. The molecule has 6 heteroatoms. The van der Waals surface area contributed by atoms with Gasteiger partial charge in [0.1, 0.15) is 13.2 Å². The topological polar surface area (TPSA) is 78.9 Å². The van der Waals surface area contributed by atoms with Gasteiger partial charge in [0.15, 0.2) is 6.10 Å². The molecule has 0 aromatic heterocycles. The van der Waals surface area contributed by atoms with Crippen molar-refractivity contribution in [1.82, 2.24) is 0 Å². The summed E-state index contributed by atoms with van der Waals surface area (Å²) in [5, 5.41) is 0. The maximum atomic E-state index is 12.9. The summed E-state index contributed by atoms with van der Waals surface area (Å²) in [6.07, 6.45) is 84.1. The minimum atomic E-state index is -0.788. The first-order valence-corrected chi connectivity index (χ1v) is 31.7. The summed E-state index contributed by atoms with van der Waals surface area (Å²) in [5.41, 5.74) is 0. The number of ether oxygens (including phenoxy) is 3. The van der Waals surface area contributed by atoms with Crippen molar-refractivity contribution in [2.75, 3.05) is 13.2 Å². The van der Waals surface area contributed by atoms with Crippen LogP contribution >= 0.6 is 0 Å². The summed E-state index contributed by atoms with van der Waals surface area (Å²) < 4.78 is 16.9. The zero-order chi connectivity index (χ0) is 54.3. The number of rotatable bonds is 57. The lowest BCUT2D eigenvalue weighted by Crippen LogP contribution is -2.30. The molecule has 0 radical (unpaired) electrons. The van der Waals surface area contributed by atoms with Crippen LogP contribution < -0.4 is 0 Å². The summed E-state index contributed by atoms with van der Waals surface area (Å²) in [6, 6.07) is 0. The fourth-order valence-corrected chi connectivity index (χ4v) is 8.80. The zero-order valence-corrected chi connectivity index (χ0v) is 49.3. The van der Waals surface area contributed by atoms with E-state index in [0.717, 1.165) is 128 Å². The van der Waals surface area contributed by atoms with Crippen LogP contribution in [0.3, 0.4) is 0 Å². The molecule has 0 aliphatic rings. The molecule has 0 aliphatic heterocycles. The van der Waals surface area contributed by atoms with E-state index in [4.69, 9.17) is 14.2 Å². The van der Waals surface area contributed by atoms with Crippen molar-refractivity contribution < 1.29 is 28.6 Å². The molecule has 0 saturated heterocycles. The highest BCUT2D eigenvalue weighted by Gasteiger charge is 2.19. The van der Waals surface area contributed by atoms with Gasteiger partial charge >= 0.3 is 17.9 Å². The highest BCUT2D eigenvalue weighted by Crippen LogP contribution is 2.16. The summed E-state index contributed by atoms with van der Waals surface area (Å²) >= 11 is 0. The molecule has 0 heterocycles. The molecule has 0 bridgehead atoms. The number of allylic oxidation sites excluding steroid dienone is 16. The molecule has 430 valence electrons. The second-order valence-electron chi connectivity index (χ2n) is 20.9. The van der Waals surface area contributed by atoms with E-state index in [1.807, 2.05) is 0 Å². The SMILES string of the molecule is CC/C=C\C/C=C\C/C=C\C/C=C\CCCCCCCCCCCCCCCCC(=O)OCC(COC(=O)CCCCCCC/C=C\C/C=C\CCC)OC(=O)CCCCCCCCC/C=C\C/C=C\CCCCC. The number of hydrogen-bond acceptors (Lipinski definition) is 6. The lowest BCUT2D eigenvalue weighted by atomic mass is 10.0. The van der Waals surface area contributed by atoms with Crippen LogP contribution in [0.4, 0.5) is 0 Å². The van der Waals surface area contributed by atoms with Gasteiger partial charge in [0.25, 0.3) is 0 Å². The van der Waals surface area contributed by atoms with E-state index in [0.29, 0.717) is 19.3 Å². The maximum absolute atomic E-state index is 12.9. The van der Waals surface area contributed by atoms with E-state index in [2.05, 4.69) is 118 Å². The normalized spacial score (nSPS) is 12.7. The Morgan fingerprint density at radius 1 is 0.280 bits per heavy atom. The van der Waals surface area contributed by atoms with Gasteiger partial charge in [-0.15, -0.1) is 0 Å². The summed E-state index contributed by atoms with van der Waals surface area (Å²) in [6.45, 7) is 6.44. The predicted molar refractivity (Wildman–Crippen MR) is 325 cm³/mol. The van der Waals surface area contributed by atoms with Gasteiger partial charge in [-0.1, -0.05) is 266 Å². The monoisotopic (exact) mass is 1040 g/mol. The van der Waals surface area contributed by atoms with Gasteiger partial charge in [-0.2, -0.15) is 0 Å². The average molecular weight is 1040 g/mol. The molecule has 0 aliphatic carbocycles. The minimum Gasteiger partial charge on any atom is -0.462 e.